The zero-order valence-electron chi connectivity index (χ0n) is 9.76. The molecule has 0 spiro atoms. The zero-order chi connectivity index (χ0) is 12.5. The Hall–Kier alpha value is -1.04. The summed E-state index contributed by atoms with van der Waals surface area (Å²) in [5.74, 6) is 0. The quantitative estimate of drug-likeness (QED) is 0.873. The molecule has 16 heavy (non-hydrogen) atoms. The van der Waals surface area contributed by atoms with Crippen molar-refractivity contribution in [2.45, 2.75) is 39.0 Å². The van der Waals surface area contributed by atoms with Crippen molar-refractivity contribution in [2.75, 3.05) is 7.05 Å². The molecule has 1 heterocycles. The molecule has 0 amide bonds. The Balaban J connectivity index is 3.21. The SMILES string of the molecule is CNC(C)c1cc(C(F)(F)F)n(C(C)C)n1. The van der Waals surface area contributed by atoms with Gasteiger partial charge in [-0.15, -0.1) is 0 Å². The molecule has 0 aliphatic carbocycles. The molecule has 1 rings (SSSR count). The predicted octanol–water partition coefficient (Wildman–Crippen LogP) is 2.76. The Kier molecular flexibility index (Phi) is 3.62. The van der Waals surface area contributed by atoms with Crippen LogP contribution in [0, 0.1) is 0 Å². The summed E-state index contributed by atoms with van der Waals surface area (Å²) in [6.07, 6.45) is -4.36. The molecule has 0 bridgehead atoms. The Morgan fingerprint density at radius 3 is 2.19 bits per heavy atom. The lowest BCUT2D eigenvalue weighted by molar-refractivity contribution is -0.144. The molecular formula is C10H16F3N3. The van der Waals surface area contributed by atoms with Crippen LogP contribution in [0.4, 0.5) is 13.2 Å². The van der Waals surface area contributed by atoms with Crippen LogP contribution in [0.15, 0.2) is 6.07 Å². The van der Waals surface area contributed by atoms with Crippen LogP contribution in [-0.2, 0) is 6.18 Å². The van der Waals surface area contributed by atoms with Gasteiger partial charge in [0.2, 0.25) is 0 Å². The Morgan fingerprint density at radius 1 is 1.31 bits per heavy atom. The van der Waals surface area contributed by atoms with Crippen LogP contribution < -0.4 is 5.32 Å². The van der Waals surface area contributed by atoms with Gasteiger partial charge in [0, 0.05) is 12.1 Å². The molecule has 1 N–H and O–H groups in total. The highest BCUT2D eigenvalue weighted by molar-refractivity contribution is 5.16. The van der Waals surface area contributed by atoms with E-state index < -0.39 is 11.9 Å². The second-order valence-corrected chi connectivity index (χ2v) is 4.00. The largest absolute Gasteiger partial charge is 0.433 e. The van der Waals surface area contributed by atoms with Gasteiger partial charge in [-0.3, -0.25) is 4.68 Å². The van der Waals surface area contributed by atoms with Crippen molar-refractivity contribution in [2.24, 2.45) is 0 Å². The van der Waals surface area contributed by atoms with Crippen molar-refractivity contribution in [3.8, 4) is 0 Å². The molecule has 1 unspecified atom stereocenters. The lowest BCUT2D eigenvalue weighted by Crippen LogP contribution is -2.16. The summed E-state index contributed by atoms with van der Waals surface area (Å²) in [6.45, 7) is 5.12. The number of aromatic nitrogens is 2. The van der Waals surface area contributed by atoms with Crippen molar-refractivity contribution in [1.29, 1.82) is 0 Å². The van der Waals surface area contributed by atoms with Gasteiger partial charge in [-0.25, -0.2) is 0 Å². The zero-order valence-corrected chi connectivity index (χ0v) is 9.76. The smallest absolute Gasteiger partial charge is 0.312 e. The third kappa shape index (κ3) is 2.55. The molecule has 1 aromatic heterocycles. The summed E-state index contributed by atoms with van der Waals surface area (Å²) in [6, 6.07) is 0.594. The third-order valence-electron chi connectivity index (χ3n) is 2.41. The normalized spacial score (nSPS) is 14.5. The maximum absolute atomic E-state index is 12.7. The van der Waals surface area contributed by atoms with Gasteiger partial charge in [0.05, 0.1) is 5.69 Å². The molecule has 3 nitrogen and oxygen atoms in total. The second-order valence-electron chi connectivity index (χ2n) is 4.00. The van der Waals surface area contributed by atoms with E-state index in [-0.39, 0.29) is 12.1 Å². The Bertz CT molecular complexity index is 355. The van der Waals surface area contributed by atoms with E-state index in [1.54, 1.807) is 27.8 Å². The van der Waals surface area contributed by atoms with E-state index in [1.807, 2.05) is 0 Å². The van der Waals surface area contributed by atoms with E-state index in [0.29, 0.717) is 5.69 Å². The maximum atomic E-state index is 12.7. The van der Waals surface area contributed by atoms with E-state index in [9.17, 15) is 13.2 Å². The van der Waals surface area contributed by atoms with E-state index in [4.69, 9.17) is 0 Å². The molecule has 1 aromatic rings. The van der Waals surface area contributed by atoms with Gasteiger partial charge in [0.25, 0.3) is 0 Å². The van der Waals surface area contributed by atoms with Crippen molar-refractivity contribution in [1.82, 2.24) is 15.1 Å². The molecule has 0 aromatic carbocycles. The van der Waals surface area contributed by atoms with Crippen LogP contribution in [0.25, 0.3) is 0 Å². The second kappa shape index (κ2) is 4.45. The van der Waals surface area contributed by atoms with E-state index >= 15 is 0 Å². The minimum atomic E-state index is -4.36. The van der Waals surface area contributed by atoms with Crippen LogP contribution in [0.1, 0.15) is 44.2 Å². The molecule has 0 fully saturated rings. The summed E-state index contributed by atoms with van der Waals surface area (Å²) >= 11 is 0. The number of hydrogen-bond acceptors (Lipinski definition) is 2. The fraction of sp³-hybridized carbons (Fsp3) is 0.700. The summed E-state index contributed by atoms with van der Waals surface area (Å²) in [5.41, 5.74) is -0.289. The lowest BCUT2D eigenvalue weighted by atomic mass is 10.2. The van der Waals surface area contributed by atoms with Gasteiger partial charge in [-0.05, 0) is 33.9 Å². The number of rotatable bonds is 3. The molecule has 6 heteroatoms. The monoisotopic (exact) mass is 235 g/mol. The highest BCUT2D eigenvalue weighted by Crippen LogP contribution is 2.32. The number of hydrogen-bond donors (Lipinski definition) is 1. The number of halogens is 3. The van der Waals surface area contributed by atoms with Crippen LogP contribution >= 0.6 is 0 Å². The fourth-order valence-electron chi connectivity index (χ4n) is 1.38. The summed E-state index contributed by atoms with van der Waals surface area (Å²) in [5, 5.41) is 6.85. The van der Waals surface area contributed by atoms with Crippen LogP contribution in [-0.4, -0.2) is 16.8 Å². The molecule has 0 radical (unpaired) electrons. The minimum absolute atomic E-state index is 0.193. The van der Waals surface area contributed by atoms with Crippen LogP contribution in [0.3, 0.4) is 0 Å². The first-order valence-electron chi connectivity index (χ1n) is 5.11. The number of nitrogens with one attached hydrogen (secondary N) is 1. The topological polar surface area (TPSA) is 29.9 Å². The van der Waals surface area contributed by atoms with E-state index in [1.165, 1.54) is 0 Å². The first-order valence-corrected chi connectivity index (χ1v) is 5.11. The highest BCUT2D eigenvalue weighted by atomic mass is 19.4. The maximum Gasteiger partial charge on any atom is 0.433 e. The van der Waals surface area contributed by atoms with Crippen molar-refractivity contribution < 1.29 is 13.2 Å². The molecular weight excluding hydrogens is 219 g/mol. The molecule has 0 saturated heterocycles. The number of nitrogens with zero attached hydrogens (tertiary/aromatic N) is 2. The van der Waals surface area contributed by atoms with Gasteiger partial charge >= 0.3 is 6.18 Å². The minimum Gasteiger partial charge on any atom is -0.312 e. The highest BCUT2D eigenvalue weighted by Gasteiger charge is 2.36. The van der Waals surface area contributed by atoms with Gasteiger partial charge in [0.1, 0.15) is 5.69 Å². The molecule has 1 atom stereocenters. The van der Waals surface area contributed by atoms with E-state index in [2.05, 4.69) is 10.4 Å². The first-order chi connectivity index (χ1) is 7.27. The molecule has 0 saturated carbocycles. The molecule has 92 valence electrons. The van der Waals surface area contributed by atoms with Gasteiger partial charge in [-0.2, -0.15) is 18.3 Å². The predicted molar refractivity (Wildman–Crippen MR) is 55.1 cm³/mol. The summed E-state index contributed by atoms with van der Waals surface area (Å²) in [7, 11) is 1.69. The average molecular weight is 235 g/mol. The summed E-state index contributed by atoms with van der Waals surface area (Å²) in [4.78, 5) is 0. The first kappa shape index (κ1) is 13.0. The number of alkyl halides is 3. The van der Waals surface area contributed by atoms with Crippen molar-refractivity contribution in [3.63, 3.8) is 0 Å². The lowest BCUT2D eigenvalue weighted by Gasteiger charge is -2.12. The molecule has 0 aliphatic heterocycles. The summed E-state index contributed by atoms with van der Waals surface area (Å²) < 4.78 is 39.1. The average Bonchev–Trinajstić information content (AvgIpc) is 2.60. The molecule has 0 aliphatic rings. The Labute approximate surface area is 92.6 Å². The van der Waals surface area contributed by atoms with Crippen molar-refractivity contribution in [3.05, 3.63) is 17.5 Å². The Morgan fingerprint density at radius 2 is 1.88 bits per heavy atom. The third-order valence-corrected chi connectivity index (χ3v) is 2.41. The fourth-order valence-corrected chi connectivity index (χ4v) is 1.38. The van der Waals surface area contributed by atoms with Crippen molar-refractivity contribution >= 4 is 0 Å². The standard InChI is InChI=1S/C10H16F3N3/c1-6(2)16-9(10(11,12)13)5-8(15-16)7(3)14-4/h5-7,14H,1-4H3. The van der Waals surface area contributed by atoms with Crippen LogP contribution in [0.5, 0.6) is 0 Å². The van der Waals surface area contributed by atoms with Gasteiger partial charge in [0.15, 0.2) is 0 Å². The van der Waals surface area contributed by atoms with Gasteiger partial charge < -0.3 is 5.32 Å². The van der Waals surface area contributed by atoms with Gasteiger partial charge in [-0.1, -0.05) is 0 Å². The van der Waals surface area contributed by atoms with E-state index in [0.717, 1.165) is 10.7 Å². The van der Waals surface area contributed by atoms with Crippen LogP contribution in [0.2, 0.25) is 0 Å².